The average Bonchev–Trinajstić information content (AvgIpc) is 2.61. The second-order valence-corrected chi connectivity index (χ2v) is 6.46. The van der Waals surface area contributed by atoms with Gasteiger partial charge in [-0.2, -0.15) is 5.10 Å². The largest absolute Gasteiger partial charge is 0.269 e. The minimum atomic E-state index is -0.0664. The molecule has 0 aliphatic heterocycles. The number of aromatic nitrogens is 4. The molecule has 0 atom stereocenters. The topological polar surface area (TPSA) is 60.2 Å². The third kappa shape index (κ3) is 2.65. The maximum absolute atomic E-state index is 12.3. The molecule has 0 N–H and O–H groups in total. The van der Waals surface area contributed by atoms with E-state index >= 15 is 0 Å². The van der Waals surface area contributed by atoms with Gasteiger partial charge < -0.3 is 0 Å². The predicted octanol–water partition coefficient (Wildman–Crippen LogP) is 3.24. The zero-order valence-corrected chi connectivity index (χ0v) is 13.8. The highest BCUT2D eigenvalue weighted by atomic mass is 32.2. The Kier molecular flexibility index (Phi) is 3.74. The van der Waals surface area contributed by atoms with Crippen LogP contribution in [0.1, 0.15) is 11.3 Å². The average molecular weight is 334 g/mol. The van der Waals surface area contributed by atoms with Gasteiger partial charge in [0, 0.05) is 28.8 Å². The van der Waals surface area contributed by atoms with Gasteiger partial charge in [0.05, 0.1) is 11.9 Å². The van der Waals surface area contributed by atoms with Gasteiger partial charge in [0.1, 0.15) is 10.7 Å². The molecular formula is C18H14N4OS. The summed E-state index contributed by atoms with van der Waals surface area (Å²) in [5.41, 5.74) is 2.35. The molecule has 0 bridgehead atoms. The van der Waals surface area contributed by atoms with Gasteiger partial charge in [-0.15, -0.1) is 5.10 Å². The summed E-state index contributed by atoms with van der Waals surface area (Å²) in [6.45, 7) is 1.95. The molecule has 3 heterocycles. The van der Waals surface area contributed by atoms with E-state index in [0.717, 1.165) is 27.1 Å². The summed E-state index contributed by atoms with van der Waals surface area (Å²) >= 11 is 1.54. The van der Waals surface area contributed by atoms with Crippen molar-refractivity contribution in [3.63, 3.8) is 0 Å². The predicted molar refractivity (Wildman–Crippen MR) is 95.3 cm³/mol. The van der Waals surface area contributed by atoms with E-state index in [9.17, 15) is 4.79 Å². The molecule has 5 nitrogen and oxygen atoms in total. The van der Waals surface area contributed by atoms with Crippen molar-refractivity contribution >= 4 is 28.2 Å². The molecule has 0 spiro atoms. The molecule has 4 rings (SSSR count). The summed E-state index contributed by atoms with van der Waals surface area (Å²) in [5.74, 6) is 0.572. The maximum Gasteiger partial charge on any atom is 0.258 e. The van der Waals surface area contributed by atoms with Crippen molar-refractivity contribution < 1.29 is 0 Å². The van der Waals surface area contributed by atoms with Crippen LogP contribution in [-0.4, -0.2) is 19.6 Å². The lowest BCUT2D eigenvalue weighted by Crippen LogP contribution is -2.15. The smallest absolute Gasteiger partial charge is 0.258 e. The van der Waals surface area contributed by atoms with Crippen LogP contribution in [0.2, 0.25) is 0 Å². The third-order valence-electron chi connectivity index (χ3n) is 3.83. The van der Waals surface area contributed by atoms with Crippen molar-refractivity contribution in [1.29, 1.82) is 0 Å². The first-order valence-electron chi connectivity index (χ1n) is 7.53. The fraction of sp³-hybridized carbons (Fsp3) is 0.111. The van der Waals surface area contributed by atoms with E-state index in [0.29, 0.717) is 11.4 Å². The number of hydrogen-bond donors (Lipinski definition) is 0. The molecule has 118 valence electrons. The fourth-order valence-corrected chi connectivity index (χ4v) is 3.51. The molecule has 3 aromatic heterocycles. The highest BCUT2D eigenvalue weighted by Gasteiger charge is 2.08. The SMILES string of the molecule is Cc1cccn2c(=O)cc(CSc3nncc4ccccc34)nc12. The van der Waals surface area contributed by atoms with Crippen molar-refractivity contribution in [3.8, 4) is 0 Å². The Labute approximate surface area is 142 Å². The number of rotatable bonds is 3. The lowest BCUT2D eigenvalue weighted by molar-refractivity contribution is 0.953. The molecule has 0 saturated heterocycles. The first-order chi connectivity index (χ1) is 11.7. The van der Waals surface area contributed by atoms with Gasteiger partial charge in [-0.1, -0.05) is 42.1 Å². The van der Waals surface area contributed by atoms with Crippen LogP contribution in [0.3, 0.4) is 0 Å². The standard InChI is InChI=1S/C18H14N4OS/c1-12-5-4-8-22-16(23)9-14(20-17(12)22)11-24-18-15-7-3-2-6-13(15)10-19-21-18/h2-10H,11H2,1H3. The molecular weight excluding hydrogens is 320 g/mol. The molecule has 0 amide bonds. The van der Waals surface area contributed by atoms with Crippen LogP contribution in [0.15, 0.2) is 64.7 Å². The van der Waals surface area contributed by atoms with Crippen LogP contribution >= 0.6 is 11.8 Å². The number of aryl methyl sites for hydroxylation is 1. The van der Waals surface area contributed by atoms with E-state index in [1.165, 1.54) is 0 Å². The molecule has 0 saturated carbocycles. The van der Waals surface area contributed by atoms with Gasteiger partial charge in [0.25, 0.3) is 5.56 Å². The molecule has 0 aliphatic rings. The van der Waals surface area contributed by atoms with E-state index in [1.807, 2.05) is 43.3 Å². The van der Waals surface area contributed by atoms with Gasteiger partial charge >= 0.3 is 0 Å². The van der Waals surface area contributed by atoms with Crippen molar-refractivity contribution in [3.05, 3.63) is 76.5 Å². The van der Waals surface area contributed by atoms with E-state index in [2.05, 4.69) is 15.2 Å². The maximum atomic E-state index is 12.3. The lowest BCUT2D eigenvalue weighted by Gasteiger charge is -2.07. The molecule has 6 heteroatoms. The summed E-state index contributed by atoms with van der Waals surface area (Å²) in [7, 11) is 0. The second kappa shape index (κ2) is 6.05. The van der Waals surface area contributed by atoms with Crippen LogP contribution in [0, 0.1) is 6.92 Å². The van der Waals surface area contributed by atoms with Crippen LogP contribution in [0.25, 0.3) is 16.4 Å². The Morgan fingerprint density at radius 2 is 2.04 bits per heavy atom. The Hall–Kier alpha value is -2.73. The molecule has 1 aromatic carbocycles. The van der Waals surface area contributed by atoms with Crippen LogP contribution in [-0.2, 0) is 5.75 Å². The van der Waals surface area contributed by atoms with Crippen LogP contribution in [0.4, 0.5) is 0 Å². The summed E-state index contributed by atoms with van der Waals surface area (Å²) in [6.07, 6.45) is 3.49. The normalized spacial score (nSPS) is 11.2. The number of nitrogens with zero attached hydrogens (tertiary/aromatic N) is 4. The summed E-state index contributed by atoms with van der Waals surface area (Å²) in [6, 6.07) is 13.4. The number of hydrogen-bond acceptors (Lipinski definition) is 5. The van der Waals surface area contributed by atoms with Crippen molar-refractivity contribution in [2.45, 2.75) is 17.7 Å². The Morgan fingerprint density at radius 1 is 1.17 bits per heavy atom. The first-order valence-corrected chi connectivity index (χ1v) is 8.52. The van der Waals surface area contributed by atoms with Crippen molar-refractivity contribution in [1.82, 2.24) is 19.6 Å². The summed E-state index contributed by atoms with van der Waals surface area (Å²) in [5, 5.41) is 11.2. The summed E-state index contributed by atoms with van der Waals surface area (Å²) in [4.78, 5) is 16.9. The molecule has 0 radical (unpaired) electrons. The van der Waals surface area contributed by atoms with E-state index < -0.39 is 0 Å². The molecule has 0 unspecified atom stereocenters. The number of thioether (sulfide) groups is 1. The Balaban J connectivity index is 1.70. The lowest BCUT2D eigenvalue weighted by atomic mass is 10.2. The molecule has 0 fully saturated rings. The third-order valence-corrected chi connectivity index (χ3v) is 4.85. The van der Waals surface area contributed by atoms with Gasteiger partial charge in [-0.3, -0.25) is 9.20 Å². The van der Waals surface area contributed by atoms with E-state index in [4.69, 9.17) is 0 Å². The summed E-state index contributed by atoms with van der Waals surface area (Å²) < 4.78 is 1.57. The highest BCUT2D eigenvalue weighted by Crippen LogP contribution is 2.26. The highest BCUT2D eigenvalue weighted by molar-refractivity contribution is 7.98. The van der Waals surface area contributed by atoms with Crippen LogP contribution in [0.5, 0.6) is 0 Å². The quantitative estimate of drug-likeness (QED) is 0.538. The van der Waals surface area contributed by atoms with Gasteiger partial charge in [0.2, 0.25) is 0 Å². The number of benzene rings is 1. The van der Waals surface area contributed by atoms with Crippen molar-refractivity contribution in [2.75, 3.05) is 0 Å². The van der Waals surface area contributed by atoms with E-state index in [-0.39, 0.29) is 5.56 Å². The number of fused-ring (bicyclic) bond motifs is 2. The van der Waals surface area contributed by atoms with Gasteiger partial charge in [-0.25, -0.2) is 4.98 Å². The molecule has 0 aliphatic carbocycles. The Bertz CT molecular complexity index is 1100. The number of pyridine rings is 1. The Morgan fingerprint density at radius 3 is 2.96 bits per heavy atom. The van der Waals surface area contributed by atoms with Crippen molar-refractivity contribution in [2.24, 2.45) is 0 Å². The molecule has 24 heavy (non-hydrogen) atoms. The van der Waals surface area contributed by atoms with Crippen LogP contribution < -0.4 is 5.56 Å². The fourth-order valence-electron chi connectivity index (χ4n) is 2.63. The zero-order chi connectivity index (χ0) is 16.5. The second-order valence-electron chi connectivity index (χ2n) is 5.50. The first kappa shape index (κ1) is 14.8. The zero-order valence-electron chi connectivity index (χ0n) is 13.0. The minimum absolute atomic E-state index is 0.0664. The van der Waals surface area contributed by atoms with E-state index in [1.54, 1.807) is 34.6 Å². The minimum Gasteiger partial charge on any atom is -0.269 e. The monoisotopic (exact) mass is 334 g/mol. The van der Waals surface area contributed by atoms with Gasteiger partial charge in [0.15, 0.2) is 0 Å². The van der Waals surface area contributed by atoms with Gasteiger partial charge in [-0.05, 0) is 18.6 Å². The molecule has 4 aromatic rings.